The van der Waals surface area contributed by atoms with Crippen molar-refractivity contribution in [2.24, 2.45) is 0 Å². The molecule has 2 aromatic carbocycles. The van der Waals surface area contributed by atoms with E-state index in [2.05, 4.69) is 16.0 Å². The standard InChI is InChI=1S/C17H17Cl2N3O2/c1-11(12-5-3-2-4-6-12)21-17(24)20-10-16(23)22-15-9-13(18)7-8-14(15)19/h2-9,11H,10H2,1H3,(H,22,23)(H2,20,21,24). The number of amides is 3. The maximum Gasteiger partial charge on any atom is 0.315 e. The molecule has 0 saturated carbocycles. The molecule has 0 bridgehead atoms. The summed E-state index contributed by atoms with van der Waals surface area (Å²) in [5, 5.41) is 8.68. The fraction of sp³-hybridized carbons (Fsp3) is 0.176. The highest BCUT2D eigenvalue weighted by Gasteiger charge is 2.11. The molecule has 2 rings (SSSR count). The lowest BCUT2D eigenvalue weighted by atomic mass is 10.1. The van der Waals surface area contributed by atoms with E-state index in [0.717, 1.165) is 5.56 Å². The maximum atomic E-state index is 11.9. The minimum Gasteiger partial charge on any atom is -0.332 e. The number of anilines is 1. The average molecular weight is 366 g/mol. The van der Waals surface area contributed by atoms with Crippen molar-refractivity contribution in [3.8, 4) is 0 Å². The van der Waals surface area contributed by atoms with E-state index in [1.807, 2.05) is 37.3 Å². The van der Waals surface area contributed by atoms with E-state index in [1.165, 1.54) is 0 Å². The van der Waals surface area contributed by atoms with E-state index in [9.17, 15) is 9.59 Å². The predicted octanol–water partition coefficient (Wildman–Crippen LogP) is 3.99. The van der Waals surface area contributed by atoms with Crippen LogP contribution in [0.1, 0.15) is 18.5 Å². The average Bonchev–Trinajstić information content (AvgIpc) is 2.57. The van der Waals surface area contributed by atoms with Crippen LogP contribution in [0.2, 0.25) is 10.0 Å². The summed E-state index contributed by atoms with van der Waals surface area (Å²) in [5.41, 5.74) is 1.37. The molecule has 0 heterocycles. The van der Waals surface area contributed by atoms with E-state index < -0.39 is 11.9 Å². The van der Waals surface area contributed by atoms with Gasteiger partial charge in [0.1, 0.15) is 0 Å². The number of carbonyl (C=O) groups is 2. The third-order valence-corrected chi connectivity index (χ3v) is 3.82. The molecule has 1 unspecified atom stereocenters. The second kappa shape index (κ2) is 8.57. The lowest BCUT2D eigenvalue weighted by Crippen LogP contribution is -2.41. The zero-order valence-corrected chi connectivity index (χ0v) is 14.5. The van der Waals surface area contributed by atoms with E-state index in [0.29, 0.717) is 15.7 Å². The normalized spacial score (nSPS) is 11.5. The Bertz CT molecular complexity index is 723. The monoisotopic (exact) mass is 365 g/mol. The molecule has 7 heteroatoms. The van der Waals surface area contributed by atoms with Crippen molar-refractivity contribution in [2.45, 2.75) is 13.0 Å². The van der Waals surface area contributed by atoms with Gasteiger partial charge in [-0.1, -0.05) is 53.5 Å². The molecule has 0 aliphatic rings. The van der Waals surface area contributed by atoms with Crippen molar-refractivity contribution in [1.29, 1.82) is 0 Å². The van der Waals surface area contributed by atoms with Crippen molar-refractivity contribution in [1.82, 2.24) is 10.6 Å². The Morgan fingerprint density at radius 1 is 1.08 bits per heavy atom. The van der Waals surface area contributed by atoms with Crippen molar-refractivity contribution < 1.29 is 9.59 Å². The molecule has 0 saturated heterocycles. The van der Waals surface area contributed by atoms with Crippen LogP contribution in [0.25, 0.3) is 0 Å². The number of carbonyl (C=O) groups excluding carboxylic acids is 2. The summed E-state index contributed by atoms with van der Waals surface area (Å²) in [6.07, 6.45) is 0. The fourth-order valence-electron chi connectivity index (χ4n) is 2.02. The Labute approximate surface area is 150 Å². The number of hydrogen-bond donors (Lipinski definition) is 3. The lowest BCUT2D eigenvalue weighted by molar-refractivity contribution is -0.115. The van der Waals surface area contributed by atoms with Gasteiger partial charge in [0.05, 0.1) is 23.3 Å². The van der Waals surface area contributed by atoms with Gasteiger partial charge in [-0.3, -0.25) is 4.79 Å². The van der Waals surface area contributed by atoms with Crippen molar-refractivity contribution in [2.75, 3.05) is 11.9 Å². The van der Waals surface area contributed by atoms with Gasteiger partial charge in [-0.2, -0.15) is 0 Å². The quantitative estimate of drug-likeness (QED) is 0.749. The summed E-state index contributed by atoms with van der Waals surface area (Å²) in [6, 6.07) is 13.7. The molecule has 3 amide bonds. The lowest BCUT2D eigenvalue weighted by Gasteiger charge is -2.15. The summed E-state index contributed by atoms with van der Waals surface area (Å²) >= 11 is 11.8. The molecular formula is C17H17Cl2N3O2. The third kappa shape index (κ3) is 5.44. The van der Waals surface area contributed by atoms with Crippen molar-refractivity contribution in [3.63, 3.8) is 0 Å². The summed E-state index contributed by atoms with van der Waals surface area (Å²) in [7, 11) is 0. The number of hydrogen-bond acceptors (Lipinski definition) is 2. The first kappa shape index (κ1) is 18.1. The number of benzene rings is 2. The smallest absolute Gasteiger partial charge is 0.315 e. The van der Waals surface area contributed by atoms with Crippen LogP contribution in [-0.2, 0) is 4.79 Å². The first-order chi connectivity index (χ1) is 11.5. The molecule has 24 heavy (non-hydrogen) atoms. The summed E-state index contributed by atoms with van der Waals surface area (Å²) in [6.45, 7) is 1.68. The Morgan fingerprint density at radius 2 is 1.79 bits per heavy atom. The van der Waals surface area contributed by atoms with Gasteiger partial charge in [-0.25, -0.2) is 4.79 Å². The van der Waals surface area contributed by atoms with Gasteiger partial charge in [0.25, 0.3) is 0 Å². The molecule has 1 atom stereocenters. The molecule has 2 aromatic rings. The minimum atomic E-state index is -0.432. The summed E-state index contributed by atoms with van der Waals surface area (Å²) in [5.74, 6) is -0.401. The minimum absolute atomic E-state index is 0.170. The van der Waals surface area contributed by atoms with Gasteiger partial charge in [0.15, 0.2) is 0 Å². The highest BCUT2D eigenvalue weighted by Crippen LogP contribution is 2.25. The fourth-order valence-corrected chi connectivity index (χ4v) is 2.36. The third-order valence-electron chi connectivity index (χ3n) is 3.26. The predicted molar refractivity (Wildman–Crippen MR) is 96.5 cm³/mol. The van der Waals surface area contributed by atoms with Gasteiger partial charge in [-0.05, 0) is 30.7 Å². The maximum absolute atomic E-state index is 11.9. The summed E-state index contributed by atoms with van der Waals surface area (Å²) in [4.78, 5) is 23.7. The van der Waals surface area contributed by atoms with E-state index in [1.54, 1.807) is 18.2 Å². The Balaban J connectivity index is 1.81. The van der Waals surface area contributed by atoms with Gasteiger partial charge in [0, 0.05) is 5.02 Å². The zero-order chi connectivity index (χ0) is 17.5. The summed E-state index contributed by atoms with van der Waals surface area (Å²) < 4.78 is 0. The number of nitrogens with one attached hydrogen (secondary N) is 3. The second-order valence-corrected chi connectivity index (χ2v) is 5.98. The van der Waals surface area contributed by atoms with Crippen LogP contribution in [0.4, 0.5) is 10.5 Å². The van der Waals surface area contributed by atoms with Crippen LogP contribution in [0.5, 0.6) is 0 Å². The van der Waals surface area contributed by atoms with Crippen molar-refractivity contribution >= 4 is 40.8 Å². The first-order valence-electron chi connectivity index (χ1n) is 7.30. The first-order valence-corrected chi connectivity index (χ1v) is 8.05. The number of halogens is 2. The molecule has 0 spiro atoms. The highest BCUT2D eigenvalue weighted by atomic mass is 35.5. The van der Waals surface area contributed by atoms with Crippen molar-refractivity contribution in [3.05, 3.63) is 64.1 Å². The highest BCUT2D eigenvalue weighted by molar-refractivity contribution is 6.35. The van der Waals surface area contributed by atoms with Gasteiger partial charge < -0.3 is 16.0 Å². The number of urea groups is 1. The number of rotatable bonds is 5. The Hall–Kier alpha value is -2.24. The molecule has 0 radical (unpaired) electrons. The molecule has 126 valence electrons. The molecule has 5 nitrogen and oxygen atoms in total. The van der Waals surface area contributed by atoms with Crippen LogP contribution >= 0.6 is 23.2 Å². The molecular weight excluding hydrogens is 349 g/mol. The topological polar surface area (TPSA) is 70.2 Å². The molecule has 0 aliphatic heterocycles. The SMILES string of the molecule is CC(NC(=O)NCC(=O)Nc1cc(Cl)ccc1Cl)c1ccccc1. The molecule has 0 fully saturated rings. The van der Waals surface area contributed by atoms with Crippen LogP contribution in [0.15, 0.2) is 48.5 Å². The van der Waals surface area contributed by atoms with Gasteiger partial charge in [0.2, 0.25) is 5.91 Å². The Kier molecular flexibility index (Phi) is 6.46. The second-order valence-electron chi connectivity index (χ2n) is 5.13. The zero-order valence-electron chi connectivity index (χ0n) is 13.0. The van der Waals surface area contributed by atoms with Crippen LogP contribution in [0.3, 0.4) is 0 Å². The van der Waals surface area contributed by atoms with E-state index in [4.69, 9.17) is 23.2 Å². The Morgan fingerprint density at radius 3 is 2.50 bits per heavy atom. The molecule has 0 aliphatic carbocycles. The van der Waals surface area contributed by atoms with Crippen LogP contribution in [0, 0.1) is 0 Å². The largest absolute Gasteiger partial charge is 0.332 e. The van der Waals surface area contributed by atoms with Crippen LogP contribution in [-0.4, -0.2) is 18.5 Å². The van der Waals surface area contributed by atoms with Crippen LogP contribution < -0.4 is 16.0 Å². The van der Waals surface area contributed by atoms with E-state index >= 15 is 0 Å². The molecule has 3 N–H and O–H groups in total. The molecule has 0 aromatic heterocycles. The van der Waals surface area contributed by atoms with Gasteiger partial charge in [-0.15, -0.1) is 0 Å². The van der Waals surface area contributed by atoms with E-state index in [-0.39, 0.29) is 12.6 Å². The van der Waals surface area contributed by atoms with Gasteiger partial charge >= 0.3 is 6.03 Å².